The van der Waals surface area contributed by atoms with Gasteiger partial charge >= 0.3 is 0 Å². The molecular formula is C18H12Cl2N2O3S2. The van der Waals surface area contributed by atoms with E-state index in [1.807, 2.05) is 0 Å². The zero-order valence-corrected chi connectivity index (χ0v) is 17.0. The number of carbonyl (C=O) groups excluding carboxylic acids is 2. The van der Waals surface area contributed by atoms with Gasteiger partial charge in [-0.25, -0.2) is 0 Å². The number of hydrogen-bond donors (Lipinski definition) is 1. The third-order valence-electron chi connectivity index (χ3n) is 3.61. The minimum atomic E-state index is -0.505. The van der Waals surface area contributed by atoms with Gasteiger partial charge in [0.15, 0.2) is 4.32 Å². The van der Waals surface area contributed by atoms with Gasteiger partial charge in [0.05, 0.1) is 17.6 Å². The van der Waals surface area contributed by atoms with Crippen molar-refractivity contribution >= 4 is 69.4 Å². The topological polar surface area (TPSA) is 58.6 Å². The number of halogens is 2. The van der Waals surface area contributed by atoms with Gasteiger partial charge in [-0.15, -0.1) is 0 Å². The largest absolute Gasteiger partial charge is 0.496 e. The van der Waals surface area contributed by atoms with Gasteiger partial charge in [0.1, 0.15) is 5.75 Å². The number of amides is 2. The van der Waals surface area contributed by atoms with Gasteiger partial charge in [0, 0.05) is 10.0 Å². The molecule has 1 N–H and O–H groups in total. The second-order valence-corrected chi connectivity index (χ2v) is 7.84. The van der Waals surface area contributed by atoms with Gasteiger partial charge in [-0.3, -0.25) is 15.0 Å². The van der Waals surface area contributed by atoms with Crippen LogP contribution in [0.3, 0.4) is 0 Å². The predicted molar refractivity (Wildman–Crippen MR) is 112 cm³/mol. The van der Waals surface area contributed by atoms with Crippen LogP contribution in [0.1, 0.15) is 15.9 Å². The highest BCUT2D eigenvalue weighted by Gasteiger charge is 2.34. The van der Waals surface area contributed by atoms with Crippen molar-refractivity contribution in [2.75, 3.05) is 7.11 Å². The molecule has 1 fully saturated rings. The van der Waals surface area contributed by atoms with Gasteiger partial charge in [0.2, 0.25) is 0 Å². The molecule has 27 heavy (non-hydrogen) atoms. The zero-order valence-electron chi connectivity index (χ0n) is 13.9. The summed E-state index contributed by atoms with van der Waals surface area (Å²) in [4.78, 5) is 25.5. The van der Waals surface area contributed by atoms with E-state index < -0.39 is 11.8 Å². The fraction of sp³-hybridized carbons (Fsp3) is 0.0556. The highest BCUT2D eigenvalue weighted by molar-refractivity contribution is 8.26. The zero-order chi connectivity index (χ0) is 19.6. The first-order chi connectivity index (χ1) is 12.9. The summed E-state index contributed by atoms with van der Waals surface area (Å²) in [6, 6.07) is 11.6. The molecule has 9 heteroatoms. The van der Waals surface area contributed by atoms with E-state index in [0.29, 0.717) is 31.8 Å². The maximum absolute atomic E-state index is 12.7. The number of thiocarbonyl (C=S) groups is 1. The third-order valence-corrected chi connectivity index (χ3v) is 5.47. The molecule has 2 amide bonds. The van der Waals surface area contributed by atoms with E-state index in [0.717, 1.165) is 16.8 Å². The number of hydrazine groups is 1. The van der Waals surface area contributed by atoms with E-state index in [4.69, 9.17) is 40.2 Å². The van der Waals surface area contributed by atoms with Crippen molar-refractivity contribution in [3.63, 3.8) is 0 Å². The van der Waals surface area contributed by atoms with Gasteiger partial charge < -0.3 is 4.74 Å². The monoisotopic (exact) mass is 438 g/mol. The molecule has 0 spiro atoms. The Balaban J connectivity index is 1.82. The van der Waals surface area contributed by atoms with Crippen molar-refractivity contribution in [1.82, 2.24) is 10.4 Å². The molecule has 0 aliphatic carbocycles. The van der Waals surface area contributed by atoms with Crippen molar-refractivity contribution in [3.8, 4) is 5.75 Å². The smallest absolute Gasteiger partial charge is 0.285 e. The molecule has 1 aliphatic heterocycles. The predicted octanol–water partition coefficient (Wildman–Crippen LogP) is 4.55. The number of nitrogens with one attached hydrogen (secondary N) is 1. The number of nitrogens with zero attached hydrogens (tertiary/aromatic N) is 1. The number of para-hydroxylation sites is 1. The molecule has 138 valence electrons. The van der Waals surface area contributed by atoms with Crippen LogP contribution < -0.4 is 10.2 Å². The van der Waals surface area contributed by atoms with Crippen LogP contribution in [-0.4, -0.2) is 28.3 Å². The lowest BCUT2D eigenvalue weighted by atomic mass is 10.2. The Morgan fingerprint density at radius 3 is 2.70 bits per heavy atom. The van der Waals surface area contributed by atoms with Gasteiger partial charge in [0.25, 0.3) is 11.8 Å². The second-order valence-electron chi connectivity index (χ2n) is 5.32. The third kappa shape index (κ3) is 4.27. The summed E-state index contributed by atoms with van der Waals surface area (Å²) >= 11 is 18.3. The Bertz CT molecular complexity index is 979. The molecule has 1 aliphatic rings. The maximum Gasteiger partial charge on any atom is 0.285 e. The first kappa shape index (κ1) is 19.7. The number of hydrogen-bond acceptors (Lipinski definition) is 5. The van der Waals surface area contributed by atoms with E-state index in [2.05, 4.69) is 5.43 Å². The molecule has 3 rings (SSSR count). The van der Waals surface area contributed by atoms with E-state index in [9.17, 15) is 9.59 Å². The Morgan fingerprint density at radius 1 is 1.26 bits per heavy atom. The molecule has 2 aromatic rings. The number of methoxy groups -OCH3 is 1. The molecular weight excluding hydrogens is 427 g/mol. The van der Waals surface area contributed by atoms with Crippen LogP contribution in [0.2, 0.25) is 10.0 Å². The lowest BCUT2D eigenvalue weighted by Crippen LogP contribution is -2.44. The summed E-state index contributed by atoms with van der Waals surface area (Å²) in [7, 11) is 1.46. The van der Waals surface area contributed by atoms with Crippen LogP contribution >= 0.6 is 47.2 Å². The molecule has 5 nitrogen and oxygen atoms in total. The minimum Gasteiger partial charge on any atom is -0.496 e. The maximum atomic E-state index is 12.7. The van der Waals surface area contributed by atoms with Crippen molar-refractivity contribution in [3.05, 3.63) is 68.5 Å². The Hall–Kier alpha value is -2.06. The van der Waals surface area contributed by atoms with Crippen LogP contribution in [0.5, 0.6) is 5.75 Å². The summed E-state index contributed by atoms with van der Waals surface area (Å²) in [6.07, 6.45) is 1.60. The summed E-state index contributed by atoms with van der Waals surface area (Å²) < 4.78 is 5.38. The fourth-order valence-electron chi connectivity index (χ4n) is 2.32. The second kappa shape index (κ2) is 8.31. The number of carbonyl (C=O) groups is 2. The summed E-state index contributed by atoms with van der Waals surface area (Å²) in [5.74, 6) is -0.558. The standard InChI is InChI=1S/C18H12Cl2N2O3S2/c1-25-14-5-3-2-4-12(14)16(23)21-22-17(24)15(27-18(22)26)8-10-6-7-11(19)9-13(10)20/h2-9H,1H3,(H,21,23)/b15-8-. The Morgan fingerprint density at radius 2 is 2.00 bits per heavy atom. The van der Waals surface area contributed by atoms with Crippen molar-refractivity contribution in [2.45, 2.75) is 0 Å². The molecule has 1 saturated heterocycles. The quantitative estimate of drug-likeness (QED) is 0.560. The first-order valence-electron chi connectivity index (χ1n) is 7.57. The molecule has 0 unspecified atom stereocenters. The Labute approximate surface area is 175 Å². The van der Waals surface area contributed by atoms with Crippen molar-refractivity contribution in [1.29, 1.82) is 0 Å². The number of rotatable bonds is 4. The summed E-state index contributed by atoms with van der Waals surface area (Å²) in [5, 5.41) is 1.93. The van der Waals surface area contributed by atoms with Crippen molar-refractivity contribution in [2.24, 2.45) is 0 Å². The van der Waals surface area contributed by atoms with E-state index in [1.165, 1.54) is 7.11 Å². The highest BCUT2D eigenvalue weighted by atomic mass is 35.5. The highest BCUT2D eigenvalue weighted by Crippen LogP contribution is 2.33. The molecule has 1 heterocycles. The summed E-state index contributed by atoms with van der Waals surface area (Å²) in [5.41, 5.74) is 3.43. The van der Waals surface area contributed by atoms with E-state index >= 15 is 0 Å². The molecule has 0 radical (unpaired) electrons. The number of thioether (sulfide) groups is 1. The van der Waals surface area contributed by atoms with Gasteiger partial charge in [-0.1, -0.05) is 53.2 Å². The van der Waals surface area contributed by atoms with E-state index in [1.54, 1.807) is 48.5 Å². The van der Waals surface area contributed by atoms with Gasteiger partial charge in [-0.2, -0.15) is 5.01 Å². The molecule has 0 bridgehead atoms. The first-order valence-corrected chi connectivity index (χ1v) is 9.56. The van der Waals surface area contributed by atoms with E-state index in [-0.39, 0.29) is 4.32 Å². The fourth-order valence-corrected chi connectivity index (χ4v) is 3.95. The lowest BCUT2D eigenvalue weighted by molar-refractivity contribution is -0.123. The van der Waals surface area contributed by atoms with Crippen LogP contribution in [0.25, 0.3) is 6.08 Å². The van der Waals surface area contributed by atoms with Crippen LogP contribution in [-0.2, 0) is 4.79 Å². The minimum absolute atomic E-state index is 0.208. The molecule has 0 atom stereocenters. The number of ether oxygens (including phenoxy) is 1. The molecule has 2 aromatic carbocycles. The van der Waals surface area contributed by atoms with Crippen LogP contribution in [0.4, 0.5) is 0 Å². The average Bonchev–Trinajstić information content (AvgIpc) is 2.91. The Kier molecular flexibility index (Phi) is 6.06. The molecule has 0 saturated carbocycles. The SMILES string of the molecule is COc1ccccc1C(=O)NN1C(=O)/C(=C/c2ccc(Cl)cc2Cl)SC1=S. The van der Waals surface area contributed by atoms with Crippen LogP contribution in [0.15, 0.2) is 47.4 Å². The number of benzene rings is 2. The van der Waals surface area contributed by atoms with Crippen molar-refractivity contribution < 1.29 is 14.3 Å². The van der Waals surface area contributed by atoms with Gasteiger partial charge in [-0.05, 0) is 48.1 Å². The normalized spacial score (nSPS) is 15.4. The van der Waals surface area contributed by atoms with Crippen LogP contribution in [0, 0.1) is 0 Å². The lowest BCUT2D eigenvalue weighted by Gasteiger charge is -2.16. The molecule has 0 aromatic heterocycles. The average molecular weight is 439 g/mol. The summed E-state index contributed by atoms with van der Waals surface area (Å²) in [6.45, 7) is 0.